The van der Waals surface area contributed by atoms with Gasteiger partial charge in [-0.1, -0.05) is 51.1 Å². The van der Waals surface area contributed by atoms with Crippen LogP contribution in [0.15, 0.2) is 30.3 Å². The van der Waals surface area contributed by atoms with Crippen molar-refractivity contribution in [3.63, 3.8) is 0 Å². The van der Waals surface area contributed by atoms with Crippen LogP contribution in [0.25, 0.3) is 0 Å². The number of amides is 1. The minimum Gasteiger partial charge on any atom is -0.383 e. The Morgan fingerprint density at radius 2 is 1.88 bits per heavy atom. The highest BCUT2D eigenvalue weighted by Gasteiger charge is 2.25. The smallest absolute Gasteiger partial charge is 0.222 e. The van der Waals surface area contributed by atoms with E-state index in [1.165, 1.54) is 0 Å². The van der Waals surface area contributed by atoms with Gasteiger partial charge in [0, 0.05) is 26.6 Å². The number of nitrogens with two attached hydrogens (primary N) is 1. The standard InChI is InChI=1S/C20H34N2O2/c1-20(2,3)18(12-13-21)10-11-19(23)22(14-15-24-4)16-17-8-6-5-7-9-17/h5-9,18H,10-16,21H2,1-4H3. The second-order valence-electron chi connectivity index (χ2n) is 7.47. The average molecular weight is 335 g/mol. The van der Waals surface area contributed by atoms with E-state index in [1.54, 1.807) is 7.11 Å². The van der Waals surface area contributed by atoms with Crippen LogP contribution in [0.3, 0.4) is 0 Å². The van der Waals surface area contributed by atoms with Crippen LogP contribution in [0.5, 0.6) is 0 Å². The van der Waals surface area contributed by atoms with E-state index in [-0.39, 0.29) is 11.3 Å². The molecule has 1 amide bonds. The third-order valence-corrected chi connectivity index (χ3v) is 4.58. The molecule has 4 heteroatoms. The number of nitrogens with zero attached hydrogens (tertiary/aromatic N) is 1. The van der Waals surface area contributed by atoms with Crippen LogP contribution in [-0.2, 0) is 16.1 Å². The highest BCUT2D eigenvalue weighted by atomic mass is 16.5. The van der Waals surface area contributed by atoms with Gasteiger partial charge in [-0.15, -0.1) is 0 Å². The van der Waals surface area contributed by atoms with Gasteiger partial charge in [-0.25, -0.2) is 0 Å². The van der Waals surface area contributed by atoms with Crippen LogP contribution >= 0.6 is 0 Å². The molecule has 1 aromatic carbocycles. The molecule has 0 aliphatic heterocycles. The van der Waals surface area contributed by atoms with Gasteiger partial charge >= 0.3 is 0 Å². The summed E-state index contributed by atoms with van der Waals surface area (Å²) in [4.78, 5) is 14.6. The van der Waals surface area contributed by atoms with E-state index in [9.17, 15) is 4.79 Å². The van der Waals surface area contributed by atoms with Crippen molar-refractivity contribution in [3.05, 3.63) is 35.9 Å². The van der Waals surface area contributed by atoms with Crippen LogP contribution in [0, 0.1) is 11.3 Å². The Bertz CT molecular complexity index is 468. The summed E-state index contributed by atoms with van der Waals surface area (Å²) in [6, 6.07) is 10.1. The van der Waals surface area contributed by atoms with E-state index in [0.29, 0.717) is 38.6 Å². The van der Waals surface area contributed by atoms with Crippen LogP contribution in [-0.4, -0.2) is 37.6 Å². The summed E-state index contributed by atoms with van der Waals surface area (Å²) in [6.45, 7) is 9.18. The van der Waals surface area contributed by atoms with Crippen molar-refractivity contribution in [1.29, 1.82) is 0 Å². The number of hydrogen-bond donors (Lipinski definition) is 1. The fourth-order valence-electron chi connectivity index (χ4n) is 2.96. The Balaban J connectivity index is 2.66. The van der Waals surface area contributed by atoms with Crippen molar-refractivity contribution in [2.45, 2.75) is 46.6 Å². The first kappa shape index (κ1) is 20.7. The zero-order chi connectivity index (χ0) is 18.0. The summed E-state index contributed by atoms with van der Waals surface area (Å²) < 4.78 is 5.17. The Hall–Kier alpha value is -1.39. The average Bonchev–Trinajstić information content (AvgIpc) is 2.54. The van der Waals surface area contributed by atoms with Crippen LogP contribution in [0.1, 0.15) is 45.6 Å². The number of benzene rings is 1. The normalized spacial score (nSPS) is 12.9. The van der Waals surface area contributed by atoms with Gasteiger partial charge in [0.2, 0.25) is 5.91 Å². The van der Waals surface area contributed by atoms with Gasteiger partial charge in [0.15, 0.2) is 0 Å². The fourth-order valence-corrected chi connectivity index (χ4v) is 2.96. The fraction of sp³-hybridized carbons (Fsp3) is 0.650. The molecule has 136 valence electrons. The zero-order valence-corrected chi connectivity index (χ0v) is 15.8. The maximum atomic E-state index is 12.7. The highest BCUT2D eigenvalue weighted by molar-refractivity contribution is 5.76. The van der Waals surface area contributed by atoms with E-state index in [1.807, 2.05) is 23.1 Å². The molecule has 1 aromatic rings. The van der Waals surface area contributed by atoms with Crippen LogP contribution in [0.2, 0.25) is 0 Å². The first-order chi connectivity index (χ1) is 11.4. The SMILES string of the molecule is COCCN(Cc1ccccc1)C(=O)CCC(CCN)C(C)(C)C. The summed E-state index contributed by atoms with van der Waals surface area (Å²) >= 11 is 0. The topological polar surface area (TPSA) is 55.6 Å². The minimum atomic E-state index is 0.177. The molecule has 0 heterocycles. The number of carbonyl (C=O) groups is 1. The molecule has 0 bridgehead atoms. The molecule has 2 N–H and O–H groups in total. The third kappa shape index (κ3) is 7.45. The predicted octanol–water partition coefficient (Wildman–Crippen LogP) is 3.45. The summed E-state index contributed by atoms with van der Waals surface area (Å²) in [5.41, 5.74) is 7.07. The van der Waals surface area contributed by atoms with E-state index in [2.05, 4.69) is 32.9 Å². The van der Waals surface area contributed by atoms with E-state index < -0.39 is 0 Å². The number of ether oxygens (including phenoxy) is 1. The first-order valence-corrected chi connectivity index (χ1v) is 8.89. The van der Waals surface area contributed by atoms with Gasteiger partial charge in [0.1, 0.15) is 0 Å². The van der Waals surface area contributed by atoms with Crippen molar-refractivity contribution in [1.82, 2.24) is 4.90 Å². The number of hydrogen-bond acceptors (Lipinski definition) is 3. The van der Waals surface area contributed by atoms with Crippen LogP contribution < -0.4 is 5.73 Å². The van der Waals surface area contributed by atoms with Crippen molar-refractivity contribution in [3.8, 4) is 0 Å². The van der Waals surface area contributed by atoms with E-state index in [0.717, 1.165) is 18.4 Å². The maximum Gasteiger partial charge on any atom is 0.222 e. The molecule has 1 unspecified atom stereocenters. The second-order valence-corrected chi connectivity index (χ2v) is 7.47. The van der Waals surface area contributed by atoms with Gasteiger partial charge in [-0.3, -0.25) is 4.79 Å². The molecular formula is C20H34N2O2. The molecule has 0 aliphatic carbocycles. The monoisotopic (exact) mass is 334 g/mol. The number of methoxy groups -OCH3 is 1. The molecule has 0 aliphatic rings. The Kier molecular flexibility index (Phi) is 9.01. The van der Waals surface area contributed by atoms with Gasteiger partial charge in [0.05, 0.1) is 6.61 Å². The van der Waals surface area contributed by atoms with Crippen molar-refractivity contribution >= 4 is 5.91 Å². The lowest BCUT2D eigenvalue weighted by Crippen LogP contribution is -2.34. The molecule has 0 aromatic heterocycles. The Morgan fingerprint density at radius 3 is 2.42 bits per heavy atom. The lowest BCUT2D eigenvalue weighted by molar-refractivity contribution is -0.133. The molecule has 0 spiro atoms. The molecule has 0 fully saturated rings. The lowest BCUT2D eigenvalue weighted by Gasteiger charge is -2.31. The molecule has 1 rings (SSSR count). The minimum absolute atomic E-state index is 0.177. The summed E-state index contributed by atoms with van der Waals surface area (Å²) in [5, 5.41) is 0. The third-order valence-electron chi connectivity index (χ3n) is 4.58. The van der Waals surface area contributed by atoms with Gasteiger partial charge in [0.25, 0.3) is 0 Å². The first-order valence-electron chi connectivity index (χ1n) is 8.89. The van der Waals surface area contributed by atoms with Gasteiger partial charge in [-0.05, 0) is 36.3 Å². The highest BCUT2D eigenvalue weighted by Crippen LogP contribution is 2.32. The van der Waals surface area contributed by atoms with Crippen LogP contribution in [0.4, 0.5) is 0 Å². The maximum absolute atomic E-state index is 12.7. The number of carbonyl (C=O) groups excluding carboxylic acids is 1. The van der Waals surface area contributed by atoms with E-state index in [4.69, 9.17) is 10.5 Å². The quantitative estimate of drug-likeness (QED) is 0.713. The van der Waals surface area contributed by atoms with Gasteiger partial charge in [-0.2, -0.15) is 0 Å². The van der Waals surface area contributed by atoms with Crippen molar-refractivity contribution in [2.75, 3.05) is 26.8 Å². The molecule has 4 nitrogen and oxygen atoms in total. The molecule has 0 radical (unpaired) electrons. The Morgan fingerprint density at radius 1 is 1.21 bits per heavy atom. The largest absolute Gasteiger partial charge is 0.383 e. The summed E-state index contributed by atoms with van der Waals surface area (Å²) in [7, 11) is 1.67. The molecular weight excluding hydrogens is 300 g/mol. The van der Waals surface area contributed by atoms with Crippen molar-refractivity contribution < 1.29 is 9.53 Å². The lowest BCUT2D eigenvalue weighted by atomic mass is 9.76. The summed E-state index contributed by atoms with van der Waals surface area (Å²) in [5.74, 6) is 0.662. The molecule has 1 atom stereocenters. The zero-order valence-electron chi connectivity index (χ0n) is 15.8. The summed E-state index contributed by atoms with van der Waals surface area (Å²) in [6.07, 6.45) is 2.42. The van der Waals surface area contributed by atoms with Gasteiger partial charge < -0.3 is 15.4 Å². The predicted molar refractivity (Wildman–Crippen MR) is 99.6 cm³/mol. The Labute approximate surface area is 147 Å². The second kappa shape index (κ2) is 10.5. The molecule has 24 heavy (non-hydrogen) atoms. The van der Waals surface area contributed by atoms with E-state index >= 15 is 0 Å². The number of rotatable bonds is 10. The molecule has 0 saturated carbocycles. The molecule has 0 saturated heterocycles. The van der Waals surface area contributed by atoms with Crippen molar-refractivity contribution in [2.24, 2.45) is 17.1 Å².